The zero-order valence-electron chi connectivity index (χ0n) is 19.8. The van der Waals surface area contributed by atoms with Gasteiger partial charge in [-0.1, -0.05) is 18.6 Å². The maximum absolute atomic E-state index is 13.4. The molecule has 0 bridgehead atoms. The average Bonchev–Trinajstić information content (AvgIpc) is 3.08. The number of ether oxygens (including phenoxy) is 1. The first kappa shape index (κ1) is 23.7. The summed E-state index contributed by atoms with van der Waals surface area (Å²) in [7, 11) is 1.44. The number of carbonyl (C=O) groups is 4. The maximum atomic E-state index is 13.4. The minimum absolute atomic E-state index is 0.0657. The van der Waals surface area contributed by atoms with Crippen LogP contribution in [0.5, 0.6) is 11.5 Å². The lowest BCUT2D eigenvalue weighted by Crippen LogP contribution is -2.39. The Balaban J connectivity index is 1.70. The summed E-state index contributed by atoms with van der Waals surface area (Å²) >= 11 is 3.37. The molecule has 35 heavy (non-hydrogen) atoms. The second-order valence-corrected chi connectivity index (χ2v) is 10.5. The number of Topliss-reactive ketones (excluding diaryl/α,β-unsaturated/α-hetero) is 1. The van der Waals surface area contributed by atoms with Gasteiger partial charge in [0, 0.05) is 29.2 Å². The summed E-state index contributed by atoms with van der Waals surface area (Å²) in [6, 6.07) is 3.38. The molecule has 3 aliphatic carbocycles. The lowest BCUT2D eigenvalue weighted by molar-refractivity contribution is -0.140. The van der Waals surface area contributed by atoms with E-state index in [1.54, 1.807) is 19.1 Å². The van der Waals surface area contributed by atoms with Crippen LogP contribution in [0.25, 0.3) is 0 Å². The predicted molar refractivity (Wildman–Crippen MR) is 131 cm³/mol. The van der Waals surface area contributed by atoms with Gasteiger partial charge in [0.15, 0.2) is 23.1 Å². The Bertz CT molecular complexity index is 1290. The van der Waals surface area contributed by atoms with E-state index in [4.69, 9.17) is 4.74 Å². The molecule has 4 atom stereocenters. The maximum Gasteiger partial charge on any atom is 0.233 e. The number of carbonyl (C=O) groups excluding carboxylic acids is 4. The first-order chi connectivity index (χ1) is 16.7. The van der Waals surface area contributed by atoms with Crippen molar-refractivity contribution >= 4 is 39.3 Å². The molecule has 1 aromatic carbocycles. The molecule has 7 nitrogen and oxygen atoms in total. The summed E-state index contributed by atoms with van der Waals surface area (Å²) < 4.78 is 5.75. The number of benzene rings is 1. The summed E-state index contributed by atoms with van der Waals surface area (Å²) in [5.41, 5.74) is 2.74. The fraction of sp³-hybridized carbons (Fsp3) is 0.407. The van der Waals surface area contributed by atoms with Gasteiger partial charge in [0.2, 0.25) is 11.8 Å². The van der Waals surface area contributed by atoms with Crippen LogP contribution in [-0.2, 0) is 19.2 Å². The van der Waals surface area contributed by atoms with E-state index >= 15 is 0 Å². The molecule has 4 unspecified atom stereocenters. The third kappa shape index (κ3) is 3.44. The number of allylic oxidation sites excluding steroid dienone is 6. The number of aromatic hydroxyl groups is 1. The molecular formula is C27H26BrNO6. The Morgan fingerprint density at radius 3 is 2.57 bits per heavy atom. The molecule has 1 N–H and O–H groups in total. The summed E-state index contributed by atoms with van der Waals surface area (Å²) in [5, 5.41) is 10.4. The summed E-state index contributed by atoms with van der Waals surface area (Å²) in [6.07, 6.45) is 4.70. The number of rotatable bonds is 4. The lowest BCUT2D eigenvalue weighted by Gasteiger charge is -2.42. The van der Waals surface area contributed by atoms with Crippen molar-refractivity contribution in [2.24, 2.45) is 17.8 Å². The number of fused-ring (bicyclic) bond motifs is 3. The van der Waals surface area contributed by atoms with Crippen LogP contribution >= 0.6 is 15.9 Å². The van der Waals surface area contributed by atoms with Gasteiger partial charge < -0.3 is 9.84 Å². The third-order valence-corrected chi connectivity index (χ3v) is 8.31. The normalized spacial score (nSPS) is 27.9. The molecule has 8 heteroatoms. The molecule has 2 amide bonds. The van der Waals surface area contributed by atoms with Gasteiger partial charge in [-0.05, 0) is 71.8 Å². The molecule has 182 valence electrons. The third-order valence-electron chi connectivity index (χ3n) is 7.70. The van der Waals surface area contributed by atoms with Crippen molar-refractivity contribution in [1.82, 2.24) is 4.90 Å². The van der Waals surface area contributed by atoms with Crippen molar-refractivity contribution in [3.63, 3.8) is 0 Å². The monoisotopic (exact) mass is 539 g/mol. The highest BCUT2D eigenvalue weighted by Crippen LogP contribution is 2.56. The van der Waals surface area contributed by atoms with Gasteiger partial charge in [0.25, 0.3) is 0 Å². The van der Waals surface area contributed by atoms with Crippen LogP contribution in [-0.4, -0.2) is 47.0 Å². The molecule has 1 heterocycles. The molecule has 5 rings (SSSR count). The van der Waals surface area contributed by atoms with Crippen LogP contribution in [0.3, 0.4) is 0 Å². The van der Waals surface area contributed by atoms with E-state index in [0.29, 0.717) is 46.1 Å². The Morgan fingerprint density at radius 1 is 1.14 bits per heavy atom. The van der Waals surface area contributed by atoms with Gasteiger partial charge in [0.05, 0.1) is 23.4 Å². The van der Waals surface area contributed by atoms with Crippen molar-refractivity contribution < 1.29 is 29.0 Å². The molecule has 0 radical (unpaired) electrons. The minimum Gasteiger partial charge on any atom is -0.503 e. The van der Waals surface area contributed by atoms with Crippen molar-refractivity contribution in [3.8, 4) is 11.5 Å². The predicted octanol–water partition coefficient (Wildman–Crippen LogP) is 4.00. The fourth-order valence-electron chi connectivity index (χ4n) is 6.19. The van der Waals surface area contributed by atoms with Crippen molar-refractivity contribution in [2.75, 3.05) is 13.7 Å². The van der Waals surface area contributed by atoms with Crippen LogP contribution in [0.1, 0.15) is 44.6 Å². The van der Waals surface area contributed by atoms with E-state index in [-0.39, 0.29) is 47.2 Å². The molecular weight excluding hydrogens is 514 g/mol. The fourth-order valence-corrected chi connectivity index (χ4v) is 6.65. The van der Waals surface area contributed by atoms with Crippen LogP contribution in [0.15, 0.2) is 51.0 Å². The standard InChI is InChI=1S/C27H26BrNO6/c1-4-7-29-26(33)15-6-5-14-16(22(15)27(29)34)11-17-23(19(30)8-12(2)24(17)31)21(14)13-9-18(28)25(32)20(10-13)35-3/h5,8-10,15-16,21-22,32H,4,6-7,11H2,1-3H3. The van der Waals surface area contributed by atoms with E-state index < -0.39 is 17.8 Å². The van der Waals surface area contributed by atoms with Gasteiger partial charge in [-0.3, -0.25) is 24.1 Å². The van der Waals surface area contributed by atoms with E-state index in [0.717, 1.165) is 5.57 Å². The number of methoxy groups -OCH3 is 1. The second-order valence-electron chi connectivity index (χ2n) is 9.61. The van der Waals surface area contributed by atoms with E-state index in [9.17, 15) is 24.3 Å². The quantitative estimate of drug-likeness (QED) is 0.352. The smallest absolute Gasteiger partial charge is 0.233 e. The number of phenolic OH excluding ortho intramolecular Hbond substituents is 1. The van der Waals surface area contributed by atoms with Gasteiger partial charge in [-0.2, -0.15) is 0 Å². The Morgan fingerprint density at radius 2 is 1.89 bits per heavy atom. The second kappa shape index (κ2) is 8.59. The Hall–Kier alpha value is -3.00. The zero-order valence-corrected chi connectivity index (χ0v) is 21.3. The van der Waals surface area contributed by atoms with Crippen molar-refractivity contribution in [1.29, 1.82) is 0 Å². The van der Waals surface area contributed by atoms with Crippen molar-refractivity contribution in [2.45, 2.75) is 39.0 Å². The molecule has 1 fully saturated rings. The number of halogens is 1. The average molecular weight is 540 g/mol. The molecule has 4 aliphatic rings. The number of hydrogen-bond donors (Lipinski definition) is 1. The number of hydrogen-bond acceptors (Lipinski definition) is 6. The number of nitrogens with zero attached hydrogens (tertiary/aromatic N) is 1. The summed E-state index contributed by atoms with van der Waals surface area (Å²) in [6.45, 7) is 3.93. The zero-order chi connectivity index (χ0) is 25.2. The first-order valence-corrected chi connectivity index (χ1v) is 12.6. The molecule has 1 aliphatic heterocycles. The van der Waals surface area contributed by atoms with E-state index in [2.05, 4.69) is 15.9 Å². The van der Waals surface area contributed by atoms with Crippen LogP contribution < -0.4 is 4.74 Å². The van der Waals surface area contributed by atoms with Gasteiger partial charge in [0.1, 0.15) is 0 Å². The summed E-state index contributed by atoms with van der Waals surface area (Å²) in [5.74, 6) is -2.54. The summed E-state index contributed by atoms with van der Waals surface area (Å²) in [4.78, 5) is 54.4. The minimum atomic E-state index is -0.584. The molecule has 0 aromatic heterocycles. The van der Waals surface area contributed by atoms with Crippen molar-refractivity contribution in [3.05, 3.63) is 56.6 Å². The largest absolute Gasteiger partial charge is 0.503 e. The molecule has 0 saturated carbocycles. The topological polar surface area (TPSA) is 101 Å². The van der Waals surface area contributed by atoms with Crippen LogP contribution in [0, 0.1) is 17.8 Å². The van der Waals surface area contributed by atoms with Gasteiger partial charge in [-0.15, -0.1) is 0 Å². The first-order valence-electron chi connectivity index (χ1n) is 11.8. The van der Waals surface area contributed by atoms with Crippen LogP contribution in [0.4, 0.5) is 0 Å². The highest BCUT2D eigenvalue weighted by molar-refractivity contribution is 9.10. The SMILES string of the molecule is CCCN1C(=O)C2CC=C3C(c4cc(Br)c(O)c(OC)c4)C4=C(CC3C2C1=O)C(=O)C(C)=CC4=O. The Kier molecular flexibility index (Phi) is 5.82. The lowest BCUT2D eigenvalue weighted by atomic mass is 9.59. The highest BCUT2D eigenvalue weighted by atomic mass is 79.9. The number of ketones is 2. The number of likely N-dealkylation sites (tertiary alicyclic amines) is 1. The number of amides is 2. The highest BCUT2D eigenvalue weighted by Gasteiger charge is 2.56. The molecule has 0 spiro atoms. The Labute approximate surface area is 211 Å². The van der Waals surface area contributed by atoms with E-state index in [1.165, 1.54) is 18.1 Å². The number of imide groups is 1. The number of phenols is 1. The van der Waals surface area contributed by atoms with Crippen LogP contribution in [0.2, 0.25) is 0 Å². The van der Waals surface area contributed by atoms with Gasteiger partial charge in [-0.25, -0.2) is 0 Å². The molecule has 1 aromatic rings. The van der Waals surface area contributed by atoms with Gasteiger partial charge >= 0.3 is 0 Å². The van der Waals surface area contributed by atoms with E-state index in [1.807, 2.05) is 13.0 Å². The molecule has 1 saturated heterocycles.